The first-order valence-electron chi connectivity index (χ1n) is 12.5. The standard InChI is InChI=1S/C27H36N2O5S/c1-6-12-28(18-13-15(3)8-9-17(18)5)25(32)23-27-11-10-20(35-27)21(26(33)34)22(27)24(31)29(23)19(14-30)16(4)7-2/h6,8-9,13,16,19-23,30H,1,7,10-12,14H2,2-5H3,(H,33,34)/t16-,19-,20-,21+,22-,23?,27?/m0/s1. The zero-order valence-electron chi connectivity index (χ0n) is 20.9. The molecule has 1 spiro atoms. The molecule has 190 valence electrons. The van der Waals surface area contributed by atoms with Crippen molar-refractivity contribution in [3.8, 4) is 0 Å². The van der Waals surface area contributed by atoms with E-state index in [-0.39, 0.29) is 36.1 Å². The highest BCUT2D eigenvalue weighted by Gasteiger charge is 2.74. The van der Waals surface area contributed by atoms with Crippen LogP contribution in [0, 0.1) is 31.6 Å². The zero-order valence-corrected chi connectivity index (χ0v) is 21.8. The van der Waals surface area contributed by atoms with Crippen molar-refractivity contribution in [2.75, 3.05) is 18.1 Å². The van der Waals surface area contributed by atoms with Gasteiger partial charge < -0.3 is 20.0 Å². The van der Waals surface area contributed by atoms with Crippen LogP contribution in [-0.4, -0.2) is 68.1 Å². The molecular formula is C27H36N2O5S. The fourth-order valence-electron chi connectivity index (χ4n) is 6.42. The number of nitrogens with zero attached hydrogens (tertiary/aromatic N) is 2. The number of thioether (sulfide) groups is 1. The molecule has 1 aromatic carbocycles. The molecule has 2 N–H and O–H groups in total. The number of carboxylic acids is 1. The van der Waals surface area contributed by atoms with Crippen LogP contribution in [0.25, 0.3) is 0 Å². The van der Waals surface area contributed by atoms with Crippen molar-refractivity contribution in [1.82, 2.24) is 4.90 Å². The third kappa shape index (κ3) is 3.89. The van der Waals surface area contributed by atoms with Gasteiger partial charge in [0.05, 0.1) is 29.2 Å². The molecular weight excluding hydrogens is 464 g/mol. The van der Waals surface area contributed by atoms with Gasteiger partial charge in [-0.25, -0.2) is 0 Å². The molecule has 3 heterocycles. The number of carbonyl (C=O) groups is 3. The first-order chi connectivity index (χ1) is 16.6. The highest BCUT2D eigenvalue weighted by Crippen LogP contribution is 2.67. The fraction of sp³-hybridized carbons (Fsp3) is 0.593. The lowest BCUT2D eigenvalue weighted by Gasteiger charge is -2.41. The Balaban J connectivity index is 1.87. The van der Waals surface area contributed by atoms with Crippen molar-refractivity contribution >= 4 is 35.2 Å². The van der Waals surface area contributed by atoms with Gasteiger partial charge in [-0.2, -0.15) is 0 Å². The van der Waals surface area contributed by atoms with E-state index in [1.54, 1.807) is 15.9 Å². The molecule has 35 heavy (non-hydrogen) atoms. The van der Waals surface area contributed by atoms with Crippen LogP contribution in [0.1, 0.15) is 44.2 Å². The largest absolute Gasteiger partial charge is 0.481 e. The van der Waals surface area contributed by atoms with Gasteiger partial charge >= 0.3 is 5.97 Å². The van der Waals surface area contributed by atoms with Gasteiger partial charge in [-0.05, 0) is 49.8 Å². The average molecular weight is 501 g/mol. The SMILES string of the molecule is C=CCN(C(=O)C1N([C@@H](CO)[C@@H](C)CC)C(=O)[C@@H]2[C@H](C(=O)O)[C@@H]3CCC12S3)c1cc(C)ccc1C. The minimum absolute atomic E-state index is 0.0477. The van der Waals surface area contributed by atoms with Crippen molar-refractivity contribution in [1.29, 1.82) is 0 Å². The highest BCUT2D eigenvalue weighted by molar-refractivity contribution is 8.02. The molecule has 2 unspecified atom stereocenters. The monoisotopic (exact) mass is 500 g/mol. The number of likely N-dealkylation sites (tertiary alicyclic amines) is 1. The Labute approximate surface area is 211 Å². The summed E-state index contributed by atoms with van der Waals surface area (Å²) in [5.41, 5.74) is 2.71. The third-order valence-corrected chi connectivity index (χ3v) is 10.3. The van der Waals surface area contributed by atoms with Crippen molar-refractivity contribution in [3.05, 3.63) is 42.0 Å². The Hall–Kier alpha value is -2.32. The van der Waals surface area contributed by atoms with E-state index >= 15 is 0 Å². The number of carbonyl (C=O) groups excluding carboxylic acids is 2. The van der Waals surface area contributed by atoms with Crippen molar-refractivity contribution in [2.24, 2.45) is 17.8 Å². The molecule has 0 radical (unpaired) electrons. The first kappa shape index (κ1) is 25.8. The van der Waals surface area contributed by atoms with Gasteiger partial charge in [0.2, 0.25) is 5.91 Å². The second kappa shape index (κ2) is 9.62. The minimum Gasteiger partial charge on any atom is -0.481 e. The summed E-state index contributed by atoms with van der Waals surface area (Å²) >= 11 is 1.52. The Morgan fingerprint density at radius 2 is 2.09 bits per heavy atom. The number of benzene rings is 1. The van der Waals surface area contributed by atoms with Crippen molar-refractivity contribution < 1.29 is 24.6 Å². The number of carboxylic acid groups (broad SMARTS) is 1. The van der Waals surface area contributed by atoms with E-state index in [2.05, 4.69) is 6.58 Å². The van der Waals surface area contributed by atoms with Crippen LogP contribution in [-0.2, 0) is 14.4 Å². The van der Waals surface area contributed by atoms with Gasteiger partial charge in [0, 0.05) is 17.5 Å². The molecule has 3 aliphatic heterocycles. The number of aliphatic hydroxyl groups excluding tert-OH is 1. The van der Waals surface area contributed by atoms with E-state index in [4.69, 9.17) is 0 Å². The quantitative estimate of drug-likeness (QED) is 0.505. The summed E-state index contributed by atoms with van der Waals surface area (Å²) in [6.07, 6.45) is 3.68. The molecule has 0 aliphatic carbocycles. The third-order valence-electron chi connectivity index (χ3n) is 8.34. The van der Waals surface area contributed by atoms with Crippen LogP contribution >= 0.6 is 11.8 Å². The Bertz CT molecular complexity index is 1040. The Kier molecular flexibility index (Phi) is 7.08. The Morgan fingerprint density at radius 3 is 2.69 bits per heavy atom. The normalized spacial score (nSPS) is 30.8. The van der Waals surface area contributed by atoms with Gasteiger partial charge in [0.1, 0.15) is 6.04 Å². The first-order valence-corrected chi connectivity index (χ1v) is 13.3. The number of anilines is 1. The van der Waals surface area contributed by atoms with Crippen molar-refractivity contribution in [2.45, 2.75) is 69.0 Å². The molecule has 0 aromatic heterocycles. The van der Waals surface area contributed by atoms with Crippen LogP contribution in [0.3, 0.4) is 0 Å². The maximum Gasteiger partial charge on any atom is 0.308 e. The predicted octanol–water partition coefficient (Wildman–Crippen LogP) is 3.41. The molecule has 2 amide bonds. The van der Waals surface area contributed by atoms with E-state index in [0.29, 0.717) is 12.8 Å². The maximum absolute atomic E-state index is 14.5. The second-order valence-electron chi connectivity index (χ2n) is 10.3. The van der Waals surface area contributed by atoms with Crippen LogP contribution in [0.15, 0.2) is 30.9 Å². The van der Waals surface area contributed by atoms with Crippen molar-refractivity contribution in [3.63, 3.8) is 0 Å². The van der Waals surface area contributed by atoms with Gasteiger partial charge in [-0.3, -0.25) is 14.4 Å². The number of amides is 2. The number of aryl methyl sites for hydroxylation is 2. The summed E-state index contributed by atoms with van der Waals surface area (Å²) in [6, 6.07) is 4.53. The van der Waals surface area contributed by atoms with E-state index in [9.17, 15) is 24.6 Å². The minimum atomic E-state index is -0.975. The average Bonchev–Trinajstić information content (AvgIpc) is 3.47. The summed E-state index contributed by atoms with van der Waals surface area (Å²) in [5.74, 6) is -3.13. The molecule has 2 bridgehead atoms. The molecule has 8 heteroatoms. The molecule has 7 nitrogen and oxygen atoms in total. The Morgan fingerprint density at radius 1 is 1.37 bits per heavy atom. The van der Waals surface area contributed by atoms with Gasteiger partial charge in [0.25, 0.3) is 5.91 Å². The summed E-state index contributed by atoms with van der Waals surface area (Å²) in [4.78, 5) is 44.1. The summed E-state index contributed by atoms with van der Waals surface area (Å²) in [5, 5.41) is 20.3. The molecule has 7 atom stereocenters. The number of aliphatic hydroxyl groups is 1. The highest BCUT2D eigenvalue weighted by atomic mass is 32.2. The summed E-state index contributed by atoms with van der Waals surface area (Å²) in [7, 11) is 0. The lowest BCUT2D eigenvalue weighted by molar-refractivity contribution is -0.149. The fourth-order valence-corrected chi connectivity index (χ4v) is 8.61. The molecule has 1 aromatic rings. The predicted molar refractivity (Wildman–Crippen MR) is 137 cm³/mol. The van der Waals surface area contributed by atoms with E-state index < -0.39 is 34.6 Å². The molecule has 4 rings (SSSR count). The van der Waals surface area contributed by atoms with E-state index in [1.807, 2.05) is 45.9 Å². The van der Waals surface area contributed by atoms with Gasteiger partial charge in [0.15, 0.2) is 0 Å². The number of rotatable bonds is 9. The topological polar surface area (TPSA) is 98.2 Å². The molecule has 3 saturated heterocycles. The van der Waals surface area contributed by atoms with E-state index in [1.165, 1.54) is 11.8 Å². The lowest BCUT2D eigenvalue weighted by atomic mass is 9.71. The summed E-state index contributed by atoms with van der Waals surface area (Å²) in [6.45, 7) is 11.7. The lowest BCUT2D eigenvalue weighted by Crippen LogP contribution is -2.58. The number of fused-ring (bicyclic) bond motifs is 1. The number of aliphatic carboxylic acids is 1. The molecule has 3 fully saturated rings. The number of hydrogen-bond donors (Lipinski definition) is 2. The smallest absolute Gasteiger partial charge is 0.308 e. The van der Waals surface area contributed by atoms with Crippen LogP contribution in [0.4, 0.5) is 5.69 Å². The second-order valence-corrected chi connectivity index (χ2v) is 11.9. The maximum atomic E-state index is 14.5. The molecule has 3 aliphatic rings. The number of hydrogen-bond acceptors (Lipinski definition) is 5. The molecule has 0 saturated carbocycles. The van der Waals surface area contributed by atoms with Gasteiger partial charge in [-0.1, -0.05) is 38.5 Å². The van der Waals surface area contributed by atoms with Crippen LogP contribution in [0.2, 0.25) is 0 Å². The van der Waals surface area contributed by atoms with Crippen LogP contribution in [0.5, 0.6) is 0 Å². The summed E-state index contributed by atoms with van der Waals surface area (Å²) < 4.78 is -0.806. The van der Waals surface area contributed by atoms with Crippen LogP contribution < -0.4 is 4.90 Å². The van der Waals surface area contributed by atoms with Gasteiger partial charge in [-0.15, -0.1) is 18.3 Å². The van der Waals surface area contributed by atoms with E-state index in [0.717, 1.165) is 23.2 Å². The zero-order chi connectivity index (χ0) is 25.7.